The van der Waals surface area contributed by atoms with E-state index < -0.39 is 0 Å². The zero-order chi connectivity index (χ0) is 62.5. The number of methoxy groups -OCH3 is 1. The van der Waals surface area contributed by atoms with Crippen molar-refractivity contribution < 1.29 is 9.53 Å². The van der Waals surface area contributed by atoms with Gasteiger partial charge in [-0.05, 0) is 74.2 Å². The van der Waals surface area contributed by atoms with Crippen LogP contribution in [-0.2, 0) is 32.6 Å². The molecule has 0 N–H and O–H groups in total. The highest BCUT2D eigenvalue weighted by Gasteiger charge is 2.30. The lowest BCUT2D eigenvalue weighted by atomic mass is 10.1. The third-order valence-electron chi connectivity index (χ3n) is 15.2. The number of ether oxygens (including phenoxy) is 1. The number of hydrogen-bond acceptors (Lipinski definition) is 18. The molecule has 16 nitrogen and oxygen atoms in total. The summed E-state index contributed by atoms with van der Waals surface area (Å²) in [6.07, 6.45) is 9.16. The first-order valence-corrected chi connectivity index (χ1v) is 35.6. The Morgan fingerprint density at radius 1 is 0.560 bits per heavy atom. The number of aldehydes is 1. The van der Waals surface area contributed by atoms with E-state index in [4.69, 9.17) is 47.2 Å². The first kappa shape index (κ1) is 62.3. The molecule has 15 rings (SSSR count). The lowest BCUT2D eigenvalue weighted by Gasteiger charge is -2.11. The quantitative estimate of drug-likeness (QED) is 0.0548. The number of benzene rings is 2. The Bertz CT molecular complexity index is 5520. The van der Waals surface area contributed by atoms with E-state index in [0.29, 0.717) is 32.6 Å². The number of aromatic nitrogens is 8. The summed E-state index contributed by atoms with van der Waals surface area (Å²) in [5, 5.41) is 34.3. The number of thiophene rings is 7. The lowest BCUT2D eigenvalue weighted by molar-refractivity contribution is 0.112. The van der Waals surface area contributed by atoms with Gasteiger partial charge in [0.2, 0.25) is 15.7 Å². The number of aryl methyl sites for hydroxylation is 4. The van der Waals surface area contributed by atoms with Gasteiger partial charge in [-0.3, -0.25) is 4.79 Å². The molecule has 0 spiro atoms. The van der Waals surface area contributed by atoms with Gasteiger partial charge in [-0.2, -0.15) is 56.0 Å². The third kappa shape index (κ3) is 10.6. The van der Waals surface area contributed by atoms with E-state index in [1.165, 1.54) is 84.1 Å². The van der Waals surface area contributed by atoms with Gasteiger partial charge in [0.1, 0.15) is 39.1 Å². The van der Waals surface area contributed by atoms with Crippen LogP contribution in [0.1, 0.15) is 99.7 Å². The molecule has 13 heterocycles. The van der Waals surface area contributed by atoms with Gasteiger partial charge in [0.25, 0.3) is 0 Å². The Balaban J connectivity index is 0.000000161. The highest BCUT2D eigenvalue weighted by molar-refractivity contribution is 7.23. The third-order valence-corrected chi connectivity index (χ3v) is 23.6. The minimum absolute atomic E-state index is 0. The maximum atomic E-state index is 11.5. The maximum Gasteiger partial charge on any atom is 0.241 e. The molecule has 91 heavy (non-hydrogen) atoms. The van der Waals surface area contributed by atoms with Crippen molar-refractivity contribution in [1.82, 2.24) is 35.8 Å². The van der Waals surface area contributed by atoms with Crippen LogP contribution >= 0.6 is 103 Å². The van der Waals surface area contributed by atoms with Crippen molar-refractivity contribution in [2.75, 3.05) is 7.11 Å². The monoisotopic (exact) mass is 1360 g/mol. The van der Waals surface area contributed by atoms with E-state index >= 15 is 0 Å². The SMILES string of the molecule is C.CCCn1c2cc(C=O)sc2c2c3nsnc3c3c4sc(OC)cc4n(CCC)c3c21.[C-]#[N+]/C(=C\c1cc2c(s1)c1c3nsnc3c3c4sc(/C=C(\C#N)c5ccc([N+]#[C-])s5)cc4n(CCC)c3c1n2CCC)c1ccc(C#N)s1.[C-]#[N+]c1ccc(CC#N)s1. The average molecular weight is 1360 g/mol. The lowest BCUT2D eigenvalue weighted by Crippen LogP contribution is -2.01. The van der Waals surface area contributed by atoms with Crippen LogP contribution in [0.5, 0.6) is 5.06 Å². The van der Waals surface area contributed by atoms with Crippen LogP contribution in [-0.4, -0.2) is 49.2 Å². The van der Waals surface area contributed by atoms with E-state index in [1.807, 2.05) is 42.5 Å². The molecule has 15 aromatic rings. The topological polar surface area (TPSA) is 182 Å². The van der Waals surface area contributed by atoms with Crippen molar-refractivity contribution >= 4 is 249 Å². The Labute approximate surface area is 558 Å². The predicted molar refractivity (Wildman–Crippen MR) is 386 cm³/mol. The second-order valence-corrected chi connectivity index (χ2v) is 29.3. The zero-order valence-corrected chi connectivity index (χ0v) is 56.0. The highest BCUT2D eigenvalue weighted by atomic mass is 32.1. The number of allylic oxidation sites excluding steroid dienone is 1. The summed E-state index contributed by atoms with van der Waals surface area (Å²) in [6.45, 7) is 34.1. The zero-order valence-electron chi connectivity index (χ0n) is 48.6. The molecule has 0 unspecified atom stereocenters. The van der Waals surface area contributed by atoms with Crippen LogP contribution in [0.3, 0.4) is 0 Å². The summed E-state index contributed by atoms with van der Waals surface area (Å²) in [4.78, 5) is 28.0. The highest BCUT2D eigenvalue weighted by Crippen LogP contribution is 2.51. The van der Waals surface area contributed by atoms with E-state index in [2.05, 4.69) is 90.8 Å². The number of fused-ring (bicyclic) bond motifs is 20. The largest absolute Gasteiger partial charge is 0.487 e. The molecule has 0 fully saturated rings. The van der Waals surface area contributed by atoms with Crippen LogP contribution in [0.4, 0.5) is 10.0 Å². The van der Waals surface area contributed by atoms with Crippen molar-refractivity contribution in [3.8, 4) is 23.3 Å². The van der Waals surface area contributed by atoms with Crippen molar-refractivity contribution in [1.29, 1.82) is 15.8 Å². The smallest absolute Gasteiger partial charge is 0.241 e. The Hall–Kier alpha value is -8.93. The molecule has 0 aliphatic carbocycles. The summed E-state index contributed by atoms with van der Waals surface area (Å²) in [5.74, 6) is 0. The fourth-order valence-electron chi connectivity index (χ4n) is 11.8. The first-order chi connectivity index (χ1) is 44.1. The number of hydrogen-bond donors (Lipinski definition) is 0. The van der Waals surface area contributed by atoms with Crippen LogP contribution < -0.4 is 4.74 Å². The molecular weight excluding hydrogens is 1310 g/mol. The molecule has 13 aromatic heterocycles. The number of nitriles is 3. The van der Waals surface area contributed by atoms with Crippen molar-refractivity contribution in [3.05, 3.63) is 129 Å². The van der Waals surface area contributed by atoms with E-state index in [-0.39, 0.29) is 7.43 Å². The number of rotatable bonds is 15. The molecule has 0 atom stereocenters. The summed E-state index contributed by atoms with van der Waals surface area (Å²) in [6, 6.07) is 25.9. The van der Waals surface area contributed by atoms with Crippen LogP contribution in [0, 0.1) is 53.7 Å². The molecule has 0 saturated heterocycles. The van der Waals surface area contributed by atoms with Gasteiger partial charge in [0.05, 0.1) is 136 Å². The first-order valence-electron chi connectivity index (χ1n) is 28.4. The molecule has 0 amide bonds. The summed E-state index contributed by atoms with van der Waals surface area (Å²) in [5.41, 5.74) is 14.0. The maximum absolute atomic E-state index is 11.5. The van der Waals surface area contributed by atoms with E-state index in [1.54, 1.807) is 70.7 Å². The van der Waals surface area contributed by atoms with Gasteiger partial charge in [-0.1, -0.05) is 64.7 Å². The number of carbonyl (C=O) groups is 1. The van der Waals surface area contributed by atoms with Crippen molar-refractivity contribution in [3.63, 3.8) is 0 Å². The van der Waals surface area contributed by atoms with Crippen molar-refractivity contribution in [2.24, 2.45) is 0 Å². The average Bonchev–Trinajstić information content (AvgIpc) is 1.54. The standard InChI is InChI=1S/C36H22N8S5.C22H20N4O2S3.C7H4N2S.CH4/c1-5-11-43-24-15-21(13-19(17-37)26-9-10-28(40-4)48-26)46-35(24)29-31-32(42-49-41-31)30-34(33(29)43)44(12-6-2)25-16-22(47-36(25)30)14-23(39-3)27-8-7-20(18-38)45-27;1-4-6-25-12-8-11(10-27)29-21(12)15-17-18(24-31-23-17)16-20(19(15)25)26(7-5-2)13-9-14(28-3)30-22(13)16;1-9-7-3-2-6(10-7)4-5-8;/h7-10,13-16H,5-6,11-12H2,1-2H3;8-10H,4-7H2,1-3H3;2-3H,4H2;1H4/b19-13+,23-14-;;;. The minimum Gasteiger partial charge on any atom is -0.487 e. The summed E-state index contributed by atoms with van der Waals surface area (Å²) < 4.78 is 39.1. The summed E-state index contributed by atoms with van der Waals surface area (Å²) >= 11 is 13.1. The molecule has 450 valence electrons. The Kier molecular flexibility index (Phi) is 17.9. The van der Waals surface area contributed by atoms with Gasteiger partial charge < -0.3 is 23.0 Å². The second-order valence-electron chi connectivity index (χ2n) is 20.6. The van der Waals surface area contributed by atoms with Gasteiger partial charge in [-0.15, -0.1) is 45.3 Å². The van der Waals surface area contributed by atoms with Crippen molar-refractivity contribution in [2.45, 2.75) is 93.4 Å². The van der Waals surface area contributed by atoms with Crippen LogP contribution in [0.15, 0.2) is 60.7 Å². The predicted octanol–water partition coefficient (Wildman–Crippen LogP) is 21.5. The molecule has 25 heteroatoms. The Morgan fingerprint density at radius 2 is 1.01 bits per heavy atom. The van der Waals surface area contributed by atoms with Gasteiger partial charge in [-0.25, -0.2) is 14.5 Å². The Morgan fingerprint density at radius 3 is 1.43 bits per heavy atom. The van der Waals surface area contributed by atoms with E-state index in [0.717, 1.165) is 172 Å². The number of carbonyl (C=O) groups excluding carboxylic acids is 1. The fraction of sp³-hybridized carbons (Fsp3) is 0.227. The van der Waals surface area contributed by atoms with Crippen LogP contribution in [0.2, 0.25) is 0 Å². The molecular formula is C66H50N14O2S9. The normalized spacial score (nSPS) is 11.8. The van der Waals surface area contributed by atoms with Gasteiger partial charge >= 0.3 is 0 Å². The van der Waals surface area contributed by atoms with E-state index in [9.17, 15) is 15.3 Å². The fourth-order valence-corrected chi connectivity index (χ4v) is 19.5. The van der Waals surface area contributed by atoms with Gasteiger partial charge in [0, 0.05) is 78.2 Å². The molecule has 0 bridgehead atoms. The molecule has 2 aromatic carbocycles. The molecule has 0 saturated carbocycles. The number of nitrogens with zero attached hydrogens (tertiary/aromatic N) is 14. The molecule has 0 aliphatic rings. The minimum atomic E-state index is 0. The van der Waals surface area contributed by atoms with Crippen LogP contribution in [0.25, 0.3) is 145 Å². The summed E-state index contributed by atoms with van der Waals surface area (Å²) in [7, 11) is 1.72. The molecule has 0 aliphatic heterocycles. The second kappa shape index (κ2) is 26.1. The molecule has 0 radical (unpaired) electrons. The van der Waals surface area contributed by atoms with Gasteiger partial charge in [0.15, 0.2) is 11.3 Å².